The van der Waals surface area contributed by atoms with Crippen molar-refractivity contribution in [2.75, 3.05) is 37.1 Å². The van der Waals surface area contributed by atoms with Gasteiger partial charge in [-0.2, -0.15) is 4.98 Å². The number of rotatable bonds is 6. The molecule has 2 amide bonds. The summed E-state index contributed by atoms with van der Waals surface area (Å²) in [7, 11) is -7.79. The van der Waals surface area contributed by atoms with E-state index in [9.17, 15) is 31.3 Å². The number of ether oxygens (including phenoxy) is 2. The maximum atomic E-state index is 14.9. The number of aromatic nitrogens is 2. The number of hydrogen-bond acceptors (Lipinski definition) is 9. The number of carbonyl (C=O) groups is 2. The van der Waals surface area contributed by atoms with Gasteiger partial charge in [-0.1, -0.05) is 22.2 Å². The lowest BCUT2D eigenvalue weighted by atomic mass is 10.0. The largest absolute Gasteiger partial charge is 0.493 e. The molecule has 2 N–H and O–H groups in total. The third-order valence-electron chi connectivity index (χ3n) is 7.24. The van der Waals surface area contributed by atoms with Crippen LogP contribution in [0.4, 0.5) is 20.4 Å². The minimum absolute atomic E-state index is 0.112. The Morgan fingerprint density at radius 1 is 0.957 bits per heavy atom. The lowest BCUT2D eigenvalue weighted by molar-refractivity contribution is 0.0664. The number of hydrogen-bond donors (Lipinski definition) is 3. The second-order valence-electron chi connectivity index (χ2n) is 11.0. The summed E-state index contributed by atoms with van der Waals surface area (Å²) in [4.78, 5) is 34.6. The molecule has 4 bridgehead atoms. The molecule has 0 fully saturated rings. The molecule has 12 nitrogen and oxygen atoms in total. The summed E-state index contributed by atoms with van der Waals surface area (Å²) in [5.74, 6) is -2.53. The first kappa shape index (κ1) is 32.2. The lowest BCUT2D eigenvalue weighted by Crippen LogP contribution is -2.34. The van der Waals surface area contributed by atoms with Gasteiger partial charge in [0.25, 0.3) is 21.8 Å². The summed E-state index contributed by atoms with van der Waals surface area (Å²) >= 11 is 0. The van der Waals surface area contributed by atoms with E-state index in [-0.39, 0.29) is 58.9 Å². The van der Waals surface area contributed by atoms with Gasteiger partial charge in [-0.3, -0.25) is 14.5 Å². The number of fused-ring (bicyclic) bond motifs is 7. The molecule has 2 aromatic carbocycles. The van der Waals surface area contributed by atoms with Gasteiger partial charge in [0.1, 0.15) is 29.0 Å². The van der Waals surface area contributed by atoms with E-state index >= 15 is 0 Å². The molecule has 0 radical (unpaired) electrons. The Morgan fingerprint density at radius 2 is 1.68 bits per heavy atom. The van der Waals surface area contributed by atoms with Crippen molar-refractivity contribution in [3.05, 3.63) is 95.2 Å². The first-order chi connectivity index (χ1) is 22.4. The highest BCUT2D eigenvalue weighted by Crippen LogP contribution is 2.35. The number of amides is 2. The van der Waals surface area contributed by atoms with Crippen LogP contribution in [-0.4, -0.2) is 71.4 Å². The van der Waals surface area contributed by atoms with Crippen molar-refractivity contribution in [3.63, 3.8) is 0 Å². The van der Waals surface area contributed by atoms with Crippen molar-refractivity contribution < 1.29 is 40.8 Å². The number of thiol groups is 1. The molecule has 4 aromatic rings. The van der Waals surface area contributed by atoms with Gasteiger partial charge in [0.05, 0.1) is 36.3 Å². The molecule has 246 valence electrons. The third kappa shape index (κ3) is 7.29. The van der Waals surface area contributed by atoms with Crippen molar-refractivity contribution in [2.45, 2.75) is 12.2 Å². The van der Waals surface area contributed by atoms with Gasteiger partial charge in [-0.15, -0.1) is 3.77 Å². The molecule has 2 aliphatic heterocycles. The molecule has 0 aliphatic carbocycles. The maximum Gasteiger partial charge on any atom is 0.261 e. The topological polar surface area (TPSA) is 160 Å². The van der Waals surface area contributed by atoms with E-state index in [2.05, 4.69) is 19.1 Å². The molecular formula is C31H29F2N5O7S2. The number of anilines is 2. The lowest BCUT2D eigenvalue weighted by Gasteiger charge is -2.20. The average molecular weight is 686 g/mol. The van der Waals surface area contributed by atoms with E-state index in [1.807, 2.05) is 0 Å². The van der Waals surface area contributed by atoms with Crippen LogP contribution in [0.3, 0.4) is 0 Å². The molecule has 47 heavy (non-hydrogen) atoms. The van der Waals surface area contributed by atoms with Gasteiger partial charge in [-0.25, -0.2) is 22.2 Å². The molecule has 2 aromatic heterocycles. The van der Waals surface area contributed by atoms with Crippen LogP contribution < -0.4 is 14.8 Å². The Morgan fingerprint density at radius 3 is 2.43 bits per heavy atom. The van der Waals surface area contributed by atoms with E-state index in [0.717, 1.165) is 11.1 Å². The molecule has 16 heteroatoms. The second-order valence-corrected chi connectivity index (χ2v) is 15.7. The zero-order valence-corrected chi connectivity index (χ0v) is 26.6. The predicted octanol–water partition coefficient (Wildman–Crippen LogP) is 4.63. The predicted molar refractivity (Wildman–Crippen MR) is 172 cm³/mol. The molecule has 0 saturated heterocycles. The Bertz CT molecular complexity index is 2040. The van der Waals surface area contributed by atoms with Gasteiger partial charge >= 0.3 is 0 Å². The summed E-state index contributed by atoms with van der Waals surface area (Å²) in [6.07, 6.45) is 2.68. The quantitative estimate of drug-likeness (QED) is 0.193. The summed E-state index contributed by atoms with van der Waals surface area (Å²) in [6.45, 7) is -0.158. The van der Waals surface area contributed by atoms with Gasteiger partial charge in [0.15, 0.2) is 0 Å². The fourth-order valence-electron chi connectivity index (χ4n) is 5.22. The number of halogens is 2. The number of benzene rings is 2. The zero-order chi connectivity index (χ0) is 33.3. The number of imide groups is 1. The van der Waals surface area contributed by atoms with Crippen molar-refractivity contribution in [3.8, 4) is 22.8 Å². The van der Waals surface area contributed by atoms with Crippen molar-refractivity contribution in [2.24, 2.45) is 3.77 Å². The average Bonchev–Trinajstić information content (AvgIpc) is 3.24. The maximum absolute atomic E-state index is 14.9. The number of carbonyl (C=O) groups excluding carboxylic acids is 2. The number of nitrogens with zero attached hydrogens (tertiary/aromatic N) is 4. The fourth-order valence-corrected chi connectivity index (χ4v) is 9.21. The van der Waals surface area contributed by atoms with Gasteiger partial charge < -0.3 is 19.3 Å². The van der Waals surface area contributed by atoms with E-state index in [0.29, 0.717) is 17.5 Å². The van der Waals surface area contributed by atoms with Crippen LogP contribution in [0.2, 0.25) is 0 Å². The summed E-state index contributed by atoms with van der Waals surface area (Å²) in [5, 5.41) is 2.98. The Kier molecular flexibility index (Phi) is 8.74. The summed E-state index contributed by atoms with van der Waals surface area (Å²) in [5.41, 5.74) is 1.26. The summed E-state index contributed by atoms with van der Waals surface area (Å²) < 4.78 is 81.3. The molecular weight excluding hydrogens is 656 g/mol. The minimum atomic E-state index is -4.27. The molecule has 0 saturated carbocycles. The van der Waals surface area contributed by atoms with Gasteiger partial charge in [0, 0.05) is 42.0 Å². The minimum Gasteiger partial charge on any atom is -0.493 e. The van der Waals surface area contributed by atoms with Crippen LogP contribution in [0, 0.1) is 11.6 Å². The zero-order valence-electron chi connectivity index (χ0n) is 24.9. The second kappa shape index (κ2) is 12.8. The first-order valence-electron chi connectivity index (χ1n) is 14.4. The molecule has 6 rings (SSSR count). The van der Waals surface area contributed by atoms with Crippen LogP contribution in [0.25, 0.3) is 11.1 Å². The standard InChI is InChI=1S/C31H29F2N5O7S2/c1-46(41,37-47(42,43)12-9-38-30(39)22-5-2-3-6-23(22)31(38)40)18-19-13-28-35-27-16-24(25(33)17-34-27)21-8-7-20(32)15-26(21)44-10-4-11-45-29(14-19)36-28/h2-3,5-8,13-17,46H,4,9-12,18H2,1H3,(H,37,41)(H,34,35,36). The Hall–Kier alpha value is -4.80. The molecule has 0 unspecified atom stereocenters. The van der Waals surface area contributed by atoms with Crippen molar-refractivity contribution in [1.82, 2.24) is 14.9 Å². The molecule has 0 atom stereocenters. The normalized spacial score (nSPS) is 15.0. The smallest absolute Gasteiger partial charge is 0.261 e. The van der Waals surface area contributed by atoms with Crippen LogP contribution in [0.1, 0.15) is 32.7 Å². The Labute approximate surface area is 269 Å². The number of sulfonamides is 1. The highest BCUT2D eigenvalue weighted by atomic mass is 32.3. The fraction of sp³-hybridized carbons (Fsp3) is 0.226. The third-order valence-corrected chi connectivity index (χ3v) is 11.3. The van der Waals surface area contributed by atoms with Crippen molar-refractivity contribution in [1.29, 1.82) is 0 Å². The van der Waals surface area contributed by atoms with E-state index in [1.54, 1.807) is 18.2 Å². The number of pyridine rings is 2. The van der Waals surface area contributed by atoms with Crippen LogP contribution in [0.5, 0.6) is 11.6 Å². The highest BCUT2D eigenvalue weighted by molar-refractivity contribution is 8.06. The first-order valence-corrected chi connectivity index (χ1v) is 18.3. The monoisotopic (exact) mass is 685 g/mol. The molecule has 2 aliphatic rings. The van der Waals surface area contributed by atoms with E-state index in [1.165, 1.54) is 48.7 Å². The van der Waals surface area contributed by atoms with Crippen LogP contribution >= 0.6 is 0 Å². The molecule has 0 spiro atoms. The van der Waals surface area contributed by atoms with Gasteiger partial charge in [0.2, 0.25) is 5.88 Å². The van der Waals surface area contributed by atoms with Gasteiger partial charge in [-0.05, 0) is 48.2 Å². The van der Waals surface area contributed by atoms with Crippen LogP contribution in [-0.2, 0) is 25.9 Å². The van der Waals surface area contributed by atoms with E-state index < -0.39 is 55.9 Å². The molecule has 4 heterocycles. The van der Waals surface area contributed by atoms with Crippen LogP contribution in [0.15, 0.2) is 70.6 Å². The Balaban J connectivity index is 1.24. The highest BCUT2D eigenvalue weighted by Gasteiger charge is 2.35. The summed E-state index contributed by atoms with van der Waals surface area (Å²) in [6, 6.07) is 14.5. The number of nitrogens with one attached hydrogen (secondary N) is 1. The van der Waals surface area contributed by atoms with E-state index in [4.69, 9.17) is 9.47 Å². The van der Waals surface area contributed by atoms with Crippen molar-refractivity contribution >= 4 is 43.6 Å². The SMILES string of the molecule is C[SH](O)(Cc1cc2nc(c1)OCCCOc1cc(F)ccc1-c1cc(ncc1F)N2)=NS(=O)(=O)CCN1C(=O)c2ccccc2C1=O.